The van der Waals surface area contributed by atoms with Crippen LogP contribution in [0.15, 0.2) is 72.8 Å². The number of hydrogen-bond acceptors (Lipinski definition) is 9. The molecule has 0 radical (unpaired) electrons. The topological polar surface area (TPSA) is 90.9 Å². The number of hydrogen-bond donors (Lipinski definition) is 0. The van der Waals surface area contributed by atoms with Crippen molar-refractivity contribution in [3.8, 4) is 11.5 Å². The molecule has 256 valence electrons. The molecule has 0 aromatic heterocycles. The number of carbonyl (C=O) groups excluding carboxylic acids is 1. The van der Waals surface area contributed by atoms with E-state index in [1.165, 1.54) is 0 Å². The Labute approximate surface area is 283 Å². The highest BCUT2D eigenvalue weighted by Gasteiger charge is 2.60. The van der Waals surface area contributed by atoms with Gasteiger partial charge in [0, 0.05) is 0 Å². The summed E-state index contributed by atoms with van der Waals surface area (Å²) in [5.74, 6) is -0.542. The molecule has 3 aromatic rings. The van der Waals surface area contributed by atoms with Gasteiger partial charge in [0.15, 0.2) is 30.1 Å². The molecule has 0 amide bonds. The van der Waals surface area contributed by atoms with Crippen molar-refractivity contribution in [2.75, 3.05) is 19.8 Å². The van der Waals surface area contributed by atoms with Crippen molar-refractivity contribution in [3.63, 3.8) is 0 Å². The molecule has 0 bridgehead atoms. The monoisotopic (exact) mass is 658 g/mol. The molecule has 0 saturated carbocycles. The summed E-state index contributed by atoms with van der Waals surface area (Å²) in [6, 6.07) is 23.4. The Morgan fingerprint density at radius 3 is 2.27 bits per heavy atom. The Morgan fingerprint density at radius 1 is 0.854 bits per heavy atom. The molecule has 0 aliphatic carbocycles. The van der Waals surface area contributed by atoms with E-state index in [0.29, 0.717) is 31.8 Å². The van der Waals surface area contributed by atoms with Gasteiger partial charge in [-0.15, -0.1) is 0 Å². The van der Waals surface area contributed by atoms with Crippen molar-refractivity contribution in [2.45, 2.75) is 96.7 Å². The van der Waals surface area contributed by atoms with E-state index >= 15 is 0 Å². The fourth-order valence-corrected chi connectivity index (χ4v) is 6.54. The molecule has 3 aromatic carbocycles. The van der Waals surface area contributed by atoms with Crippen LogP contribution in [0.3, 0.4) is 0 Å². The van der Waals surface area contributed by atoms with Crippen molar-refractivity contribution in [3.05, 3.63) is 95.1 Å². The molecular weight excluding hydrogens is 612 g/mol. The summed E-state index contributed by atoms with van der Waals surface area (Å²) >= 11 is 0. The van der Waals surface area contributed by atoms with Crippen LogP contribution in [0.5, 0.6) is 11.5 Å². The summed E-state index contributed by atoms with van der Waals surface area (Å²) < 4.78 is 48.4. The first-order valence-corrected chi connectivity index (χ1v) is 16.8. The summed E-state index contributed by atoms with van der Waals surface area (Å²) in [7, 11) is 0. The van der Waals surface area contributed by atoms with E-state index < -0.39 is 48.2 Å². The molecule has 3 aliphatic rings. The van der Waals surface area contributed by atoms with Crippen LogP contribution in [0.4, 0.5) is 0 Å². The highest BCUT2D eigenvalue weighted by Crippen LogP contribution is 2.42. The number of benzene rings is 3. The van der Waals surface area contributed by atoms with Crippen molar-refractivity contribution in [2.24, 2.45) is 0 Å². The van der Waals surface area contributed by atoms with Gasteiger partial charge in [0.1, 0.15) is 23.7 Å². The second-order valence-electron chi connectivity index (χ2n) is 13.2. The molecule has 3 aliphatic heterocycles. The average Bonchev–Trinajstić information content (AvgIpc) is 3.68. The van der Waals surface area contributed by atoms with Crippen LogP contribution in [-0.4, -0.2) is 68.1 Å². The number of esters is 1. The van der Waals surface area contributed by atoms with Crippen LogP contribution in [0.25, 0.3) is 11.6 Å². The standard InChI is InChI=1S/C39H46O9/c1-7-41-28-18-20-29(21-19-28)42-22-12-16-27(23-26-14-9-8-10-15-26)32-25(2)13-11-17-30(32)36(40)44-34-33(31-24-43-38(3,4)46-31)45-37-35(34)47-39(5,6)48-37/h8-11,13-15,17-21,23,31,33-35,37H,7,12,16,22,24H2,1-6H3/b27-23-/t31-,33-,34+,35-,37-/m1/s1. The number of rotatable bonds is 12. The van der Waals surface area contributed by atoms with E-state index in [1.807, 2.05) is 102 Å². The largest absolute Gasteiger partial charge is 0.494 e. The second kappa shape index (κ2) is 14.4. The van der Waals surface area contributed by atoms with Gasteiger partial charge in [-0.25, -0.2) is 4.79 Å². The SMILES string of the molecule is CCOc1ccc(OCCC/C(=C/c2ccccc2)c2c(C)cccc2C(=O)O[C@@H]2[C@H]3OC(C)(C)O[C@H]3O[C@@H]2[C@H]2COC(C)(C)O2)cc1. The summed E-state index contributed by atoms with van der Waals surface area (Å²) in [5.41, 5.74) is 4.31. The van der Waals surface area contributed by atoms with Crippen molar-refractivity contribution in [1.82, 2.24) is 0 Å². The molecule has 48 heavy (non-hydrogen) atoms. The lowest BCUT2D eigenvalue weighted by atomic mass is 9.90. The minimum absolute atomic E-state index is 0.299. The first-order chi connectivity index (χ1) is 23.0. The molecule has 3 saturated heterocycles. The fraction of sp³-hybridized carbons (Fsp3) is 0.462. The summed E-state index contributed by atoms with van der Waals surface area (Å²) in [5, 5.41) is 0. The van der Waals surface area contributed by atoms with Crippen LogP contribution < -0.4 is 9.47 Å². The average molecular weight is 659 g/mol. The zero-order chi connectivity index (χ0) is 33.9. The molecule has 3 fully saturated rings. The quantitative estimate of drug-likeness (QED) is 0.113. The highest BCUT2D eigenvalue weighted by molar-refractivity contribution is 5.99. The normalized spacial score (nSPS) is 25.9. The first-order valence-electron chi connectivity index (χ1n) is 16.8. The minimum Gasteiger partial charge on any atom is -0.494 e. The number of carbonyl (C=O) groups is 1. The molecule has 9 nitrogen and oxygen atoms in total. The predicted molar refractivity (Wildman–Crippen MR) is 181 cm³/mol. The third-order valence-electron chi connectivity index (χ3n) is 8.62. The molecule has 0 spiro atoms. The number of allylic oxidation sites excluding steroid dienone is 1. The summed E-state index contributed by atoms with van der Waals surface area (Å²) in [6.45, 7) is 12.7. The van der Waals surface area contributed by atoms with Gasteiger partial charge < -0.3 is 37.9 Å². The lowest BCUT2D eigenvalue weighted by molar-refractivity contribution is -0.232. The van der Waals surface area contributed by atoms with E-state index in [9.17, 15) is 4.79 Å². The third-order valence-corrected chi connectivity index (χ3v) is 8.62. The zero-order valence-corrected chi connectivity index (χ0v) is 28.6. The first kappa shape index (κ1) is 34.1. The van der Waals surface area contributed by atoms with Crippen LogP contribution in [0.2, 0.25) is 0 Å². The number of fused-ring (bicyclic) bond motifs is 1. The number of ether oxygens (including phenoxy) is 8. The van der Waals surface area contributed by atoms with Crippen molar-refractivity contribution in [1.29, 1.82) is 0 Å². The minimum atomic E-state index is -0.884. The Bertz CT molecular complexity index is 1580. The van der Waals surface area contributed by atoms with Gasteiger partial charge in [-0.2, -0.15) is 0 Å². The van der Waals surface area contributed by atoms with Gasteiger partial charge in [0.05, 0.1) is 25.4 Å². The lowest BCUT2D eigenvalue weighted by Gasteiger charge is -2.29. The van der Waals surface area contributed by atoms with Gasteiger partial charge in [-0.05, 0) is 107 Å². The van der Waals surface area contributed by atoms with Crippen molar-refractivity contribution >= 4 is 17.6 Å². The molecule has 5 atom stereocenters. The lowest BCUT2D eigenvalue weighted by Crippen LogP contribution is -2.45. The second-order valence-corrected chi connectivity index (χ2v) is 13.2. The Hall–Kier alpha value is -3.73. The summed E-state index contributed by atoms with van der Waals surface area (Å²) in [4.78, 5) is 14.2. The Morgan fingerprint density at radius 2 is 1.58 bits per heavy atom. The maximum Gasteiger partial charge on any atom is 0.339 e. The van der Waals surface area contributed by atoms with Crippen LogP contribution in [0, 0.1) is 6.92 Å². The smallest absolute Gasteiger partial charge is 0.339 e. The Balaban J connectivity index is 1.24. The molecular formula is C39H46O9. The Kier molecular flexibility index (Phi) is 10.2. The van der Waals surface area contributed by atoms with Crippen LogP contribution in [-0.2, 0) is 28.4 Å². The van der Waals surface area contributed by atoms with E-state index in [-0.39, 0.29) is 0 Å². The molecule has 0 N–H and O–H groups in total. The van der Waals surface area contributed by atoms with Gasteiger partial charge in [-0.3, -0.25) is 0 Å². The maximum absolute atomic E-state index is 14.2. The molecule has 6 rings (SSSR count). The van der Waals surface area contributed by atoms with Gasteiger partial charge in [0.2, 0.25) is 0 Å². The highest BCUT2D eigenvalue weighted by atomic mass is 16.8. The van der Waals surface area contributed by atoms with E-state index in [0.717, 1.165) is 40.2 Å². The summed E-state index contributed by atoms with van der Waals surface area (Å²) in [6.07, 6.45) is 0.356. The molecule has 9 heteroatoms. The molecule has 0 unspecified atom stereocenters. The maximum atomic E-state index is 14.2. The van der Waals surface area contributed by atoms with Crippen molar-refractivity contribution < 1.29 is 42.7 Å². The van der Waals surface area contributed by atoms with Gasteiger partial charge in [-0.1, -0.05) is 48.5 Å². The van der Waals surface area contributed by atoms with E-state index in [1.54, 1.807) is 0 Å². The fourth-order valence-electron chi connectivity index (χ4n) is 6.54. The van der Waals surface area contributed by atoms with E-state index in [4.69, 9.17) is 37.9 Å². The van der Waals surface area contributed by atoms with Gasteiger partial charge >= 0.3 is 5.97 Å². The zero-order valence-electron chi connectivity index (χ0n) is 28.6. The van der Waals surface area contributed by atoms with Crippen LogP contribution >= 0.6 is 0 Å². The van der Waals surface area contributed by atoms with E-state index in [2.05, 4.69) is 18.2 Å². The van der Waals surface area contributed by atoms with Crippen LogP contribution in [0.1, 0.15) is 74.5 Å². The third kappa shape index (κ3) is 7.93. The molecule has 3 heterocycles. The van der Waals surface area contributed by atoms with Gasteiger partial charge in [0.25, 0.3) is 0 Å². The number of aryl methyl sites for hydroxylation is 1. The predicted octanol–water partition coefficient (Wildman–Crippen LogP) is 7.35.